The van der Waals surface area contributed by atoms with E-state index in [9.17, 15) is 0 Å². The largest absolute Gasteiger partial charge is 0.457 e. The van der Waals surface area contributed by atoms with Crippen molar-refractivity contribution in [1.29, 1.82) is 0 Å². The Morgan fingerprint density at radius 3 is 2.29 bits per heavy atom. The predicted octanol–water partition coefficient (Wildman–Crippen LogP) is 4.42. The van der Waals surface area contributed by atoms with Crippen LogP contribution >= 0.6 is 11.3 Å². The van der Waals surface area contributed by atoms with Gasteiger partial charge in [-0.1, -0.05) is 30.3 Å². The molecule has 4 heteroatoms. The second-order valence-electron chi connectivity index (χ2n) is 4.80. The molecule has 0 fully saturated rings. The van der Waals surface area contributed by atoms with Crippen LogP contribution in [0.1, 0.15) is 16.1 Å². The lowest BCUT2D eigenvalue weighted by molar-refractivity contribution is 0.482. The summed E-state index contributed by atoms with van der Waals surface area (Å²) in [6.07, 6.45) is 0.853. The van der Waals surface area contributed by atoms with Crippen LogP contribution in [0.3, 0.4) is 0 Å². The van der Waals surface area contributed by atoms with E-state index >= 15 is 0 Å². The van der Waals surface area contributed by atoms with Crippen molar-refractivity contribution in [2.75, 3.05) is 5.73 Å². The molecule has 0 unspecified atom stereocenters. The molecule has 0 saturated heterocycles. The standard InChI is InChI=1S/C17H16N2OS/c1-12-16(21-17(18)19-12)11-13-7-9-15(10-8-13)20-14-5-3-2-4-6-14/h2-10H,11H2,1H3,(H2,18,19). The smallest absolute Gasteiger partial charge is 0.180 e. The summed E-state index contributed by atoms with van der Waals surface area (Å²) in [5.41, 5.74) is 7.97. The summed E-state index contributed by atoms with van der Waals surface area (Å²) < 4.78 is 5.78. The van der Waals surface area contributed by atoms with Crippen LogP contribution in [-0.4, -0.2) is 4.98 Å². The number of nitrogens with zero attached hydrogens (tertiary/aromatic N) is 1. The summed E-state index contributed by atoms with van der Waals surface area (Å²) in [6, 6.07) is 17.9. The number of para-hydroxylation sites is 1. The van der Waals surface area contributed by atoms with Crippen molar-refractivity contribution >= 4 is 16.5 Å². The predicted molar refractivity (Wildman–Crippen MR) is 87.0 cm³/mol. The molecule has 0 spiro atoms. The van der Waals surface area contributed by atoms with Gasteiger partial charge >= 0.3 is 0 Å². The molecule has 1 aromatic heterocycles. The van der Waals surface area contributed by atoms with Gasteiger partial charge in [-0.05, 0) is 36.8 Å². The number of nitrogen functional groups attached to an aromatic ring is 1. The zero-order valence-electron chi connectivity index (χ0n) is 11.7. The van der Waals surface area contributed by atoms with E-state index in [2.05, 4.69) is 17.1 Å². The number of benzene rings is 2. The van der Waals surface area contributed by atoms with E-state index in [1.807, 2.05) is 49.4 Å². The number of rotatable bonds is 4. The Morgan fingerprint density at radius 2 is 1.67 bits per heavy atom. The molecule has 0 aliphatic heterocycles. The average Bonchev–Trinajstić information content (AvgIpc) is 2.80. The lowest BCUT2D eigenvalue weighted by atomic mass is 10.1. The molecule has 3 nitrogen and oxygen atoms in total. The Bertz CT molecular complexity index is 720. The molecular weight excluding hydrogens is 280 g/mol. The Hall–Kier alpha value is -2.33. The van der Waals surface area contributed by atoms with E-state index in [4.69, 9.17) is 10.5 Å². The summed E-state index contributed by atoms with van der Waals surface area (Å²) in [7, 11) is 0. The number of aryl methyl sites for hydroxylation is 1. The van der Waals surface area contributed by atoms with Crippen LogP contribution in [0, 0.1) is 6.92 Å². The van der Waals surface area contributed by atoms with Gasteiger partial charge in [0.1, 0.15) is 11.5 Å². The molecule has 2 aromatic carbocycles. The fourth-order valence-electron chi connectivity index (χ4n) is 2.10. The highest BCUT2D eigenvalue weighted by molar-refractivity contribution is 7.15. The third-order valence-corrected chi connectivity index (χ3v) is 4.16. The van der Waals surface area contributed by atoms with Gasteiger partial charge in [0.15, 0.2) is 5.13 Å². The number of thiazole rings is 1. The highest BCUT2D eigenvalue weighted by Crippen LogP contribution is 2.25. The fourth-order valence-corrected chi connectivity index (χ4v) is 2.97. The molecule has 21 heavy (non-hydrogen) atoms. The molecule has 2 N–H and O–H groups in total. The second kappa shape index (κ2) is 5.97. The summed E-state index contributed by atoms with van der Waals surface area (Å²) in [5.74, 6) is 1.68. The molecule has 0 radical (unpaired) electrons. The summed E-state index contributed by atoms with van der Waals surface area (Å²) in [5, 5.41) is 0.631. The van der Waals surface area contributed by atoms with Gasteiger partial charge in [-0.3, -0.25) is 0 Å². The molecule has 0 saturated carbocycles. The fraction of sp³-hybridized carbons (Fsp3) is 0.118. The third-order valence-electron chi connectivity index (χ3n) is 3.18. The normalized spacial score (nSPS) is 10.5. The number of nitrogens with two attached hydrogens (primary N) is 1. The first kappa shape index (κ1) is 13.6. The molecule has 3 rings (SSSR count). The SMILES string of the molecule is Cc1nc(N)sc1Cc1ccc(Oc2ccccc2)cc1. The van der Waals surface area contributed by atoms with Gasteiger partial charge in [-0.15, -0.1) is 11.3 Å². The van der Waals surface area contributed by atoms with Crippen LogP contribution < -0.4 is 10.5 Å². The summed E-state index contributed by atoms with van der Waals surface area (Å²) in [4.78, 5) is 5.46. The monoisotopic (exact) mass is 296 g/mol. The van der Waals surface area contributed by atoms with Gasteiger partial charge in [-0.25, -0.2) is 4.98 Å². The van der Waals surface area contributed by atoms with Gasteiger partial charge in [0.25, 0.3) is 0 Å². The molecule has 0 aliphatic rings. The number of anilines is 1. The quantitative estimate of drug-likeness (QED) is 0.775. The van der Waals surface area contributed by atoms with E-state index < -0.39 is 0 Å². The Balaban J connectivity index is 1.71. The lowest BCUT2D eigenvalue weighted by Crippen LogP contribution is -1.89. The van der Waals surface area contributed by atoms with Crippen molar-refractivity contribution in [2.24, 2.45) is 0 Å². The summed E-state index contributed by atoms with van der Waals surface area (Å²) >= 11 is 1.55. The van der Waals surface area contributed by atoms with Crippen LogP contribution in [0.15, 0.2) is 54.6 Å². The van der Waals surface area contributed by atoms with Gasteiger partial charge in [0.2, 0.25) is 0 Å². The van der Waals surface area contributed by atoms with Crippen LogP contribution in [0.25, 0.3) is 0 Å². The minimum Gasteiger partial charge on any atom is -0.457 e. The highest BCUT2D eigenvalue weighted by atomic mass is 32.1. The molecule has 0 amide bonds. The minimum absolute atomic E-state index is 0.631. The number of hydrogen-bond donors (Lipinski definition) is 1. The molecule has 0 aliphatic carbocycles. The molecule has 1 heterocycles. The van der Waals surface area contributed by atoms with Gasteiger partial charge < -0.3 is 10.5 Å². The lowest BCUT2D eigenvalue weighted by Gasteiger charge is -2.06. The zero-order valence-corrected chi connectivity index (χ0v) is 12.6. The first-order valence-electron chi connectivity index (χ1n) is 6.74. The number of ether oxygens (including phenoxy) is 1. The summed E-state index contributed by atoms with van der Waals surface area (Å²) in [6.45, 7) is 2.00. The third kappa shape index (κ3) is 3.41. The van der Waals surface area contributed by atoms with Crippen LogP contribution in [0.4, 0.5) is 5.13 Å². The second-order valence-corrected chi connectivity index (χ2v) is 5.91. The van der Waals surface area contributed by atoms with E-state index in [0.29, 0.717) is 5.13 Å². The zero-order chi connectivity index (χ0) is 14.7. The minimum atomic E-state index is 0.631. The van der Waals surface area contributed by atoms with Gasteiger partial charge in [0.05, 0.1) is 5.69 Å². The van der Waals surface area contributed by atoms with Crippen molar-refractivity contribution < 1.29 is 4.74 Å². The molecule has 3 aromatic rings. The molecular formula is C17H16N2OS. The maximum Gasteiger partial charge on any atom is 0.180 e. The topological polar surface area (TPSA) is 48.1 Å². The average molecular weight is 296 g/mol. The highest BCUT2D eigenvalue weighted by Gasteiger charge is 2.06. The Kier molecular flexibility index (Phi) is 3.88. The maximum atomic E-state index is 5.78. The van der Waals surface area contributed by atoms with Crippen molar-refractivity contribution in [3.8, 4) is 11.5 Å². The molecule has 106 valence electrons. The molecule has 0 bridgehead atoms. The Labute approximate surface area is 128 Å². The van der Waals surface area contributed by atoms with E-state index in [0.717, 1.165) is 23.6 Å². The van der Waals surface area contributed by atoms with Crippen molar-refractivity contribution in [2.45, 2.75) is 13.3 Å². The van der Waals surface area contributed by atoms with Gasteiger partial charge in [-0.2, -0.15) is 0 Å². The van der Waals surface area contributed by atoms with E-state index in [-0.39, 0.29) is 0 Å². The van der Waals surface area contributed by atoms with Crippen molar-refractivity contribution in [3.05, 3.63) is 70.7 Å². The maximum absolute atomic E-state index is 5.78. The van der Waals surface area contributed by atoms with Crippen molar-refractivity contribution in [1.82, 2.24) is 4.98 Å². The number of aromatic nitrogens is 1. The molecule has 0 atom stereocenters. The first-order valence-corrected chi connectivity index (χ1v) is 7.56. The first-order chi connectivity index (χ1) is 10.2. The number of hydrogen-bond acceptors (Lipinski definition) is 4. The van der Waals surface area contributed by atoms with E-state index in [1.165, 1.54) is 10.4 Å². The Morgan fingerprint density at radius 1 is 1.00 bits per heavy atom. The van der Waals surface area contributed by atoms with Crippen LogP contribution in [-0.2, 0) is 6.42 Å². The van der Waals surface area contributed by atoms with Crippen molar-refractivity contribution in [3.63, 3.8) is 0 Å². The van der Waals surface area contributed by atoms with Crippen LogP contribution in [0.2, 0.25) is 0 Å². The van der Waals surface area contributed by atoms with E-state index in [1.54, 1.807) is 11.3 Å². The van der Waals surface area contributed by atoms with Crippen LogP contribution in [0.5, 0.6) is 11.5 Å². The van der Waals surface area contributed by atoms with Gasteiger partial charge in [0, 0.05) is 11.3 Å².